The number of hydrogen-bond acceptors (Lipinski definition) is 6. The maximum absolute atomic E-state index is 14.2. The Labute approximate surface area is 179 Å². The Morgan fingerprint density at radius 1 is 1.32 bits per heavy atom. The number of rotatable bonds is 6. The lowest BCUT2D eigenvalue weighted by Gasteiger charge is -2.17. The highest BCUT2D eigenvalue weighted by Gasteiger charge is 2.29. The Balaban J connectivity index is 1.46. The van der Waals surface area contributed by atoms with Gasteiger partial charge in [-0.1, -0.05) is 0 Å². The smallest absolute Gasteiger partial charge is 0.244 e. The van der Waals surface area contributed by atoms with Crippen LogP contribution in [-0.4, -0.2) is 45.6 Å². The molecule has 0 unspecified atom stereocenters. The number of ether oxygens (including phenoxy) is 2. The molecule has 9 heteroatoms. The van der Waals surface area contributed by atoms with Crippen LogP contribution in [0, 0.1) is 19.7 Å². The minimum atomic E-state index is -0.444. The number of fused-ring (bicyclic) bond motifs is 1. The summed E-state index contributed by atoms with van der Waals surface area (Å²) in [5, 5.41) is 15.3. The Bertz CT molecular complexity index is 1110. The minimum absolute atomic E-state index is 0.154. The Morgan fingerprint density at radius 2 is 2.13 bits per heavy atom. The summed E-state index contributed by atoms with van der Waals surface area (Å²) >= 11 is 0. The fourth-order valence-electron chi connectivity index (χ4n) is 3.78. The number of methoxy groups -OCH3 is 1. The molecule has 0 saturated heterocycles. The summed E-state index contributed by atoms with van der Waals surface area (Å²) in [6, 6.07) is 7.68. The van der Waals surface area contributed by atoms with Gasteiger partial charge in [0, 0.05) is 29.3 Å². The van der Waals surface area contributed by atoms with E-state index < -0.39 is 6.04 Å². The van der Waals surface area contributed by atoms with Crippen LogP contribution in [-0.2, 0) is 11.2 Å². The second-order valence-electron chi connectivity index (χ2n) is 7.64. The molecule has 8 nitrogen and oxygen atoms in total. The summed E-state index contributed by atoms with van der Waals surface area (Å²) in [6.07, 6.45) is 0.177. The monoisotopic (exact) mass is 425 g/mol. The molecule has 0 saturated carbocycles. The van der Waals surface area contributed by atoms with Crippen molar-refractivity contribution < 1.29 is 18.7 Å². The summed E-state index contributed by atoms with van der Waals surface area (Å²) in [5.74, 6) is 0.401. The lowest BCUT2D eigenvalue weighted by molar-refractivity contribution is -0.124. The maximum Gasteiger partial charge on any atom is 0.244 e. The standard InChI is InChI=1S/C22H24FN5O3/c1-12-7-13(2)28(27-12)14(3)22(29)24-11-17-9-15-8-16(23)10-18(21(15)31-17)19-5-6-20(30-4)26-25-19/h5-8,10,14,17H,9,11H2,1-4H3,(H,24,29)/t14-,17+/m0/s1. The molecule has 162 valence electrons. The zero-order chi connectivity index (χ0) is 22.1. The number of carbonyl (C=O) groups excluding carboxylic acids is 1. The van der Waals surface area contributed by atoms with Gasteiger partial charge in [0.2, 0.25) is 11.8 Å². The molecule has 31 heavy (non-hydrogen) atoms. The van der Waals surface area contributed by atoms with Crippen molar-refractivity contribution in [1.29, 1.82) is 0 Å². The van der Waals surface area contributed by atoms with E-state index in [1.807, 2.05) is 19.9 Å². The molecular weight excluding hydrogens is 401 g/mol. The summed E-state index contributed by atoms with van der Waals surface area (Å²) in [5.41, 5.74) is 3.53. The normalized spacial score (nSPS) is 15.8. The van der Waals surface area contributed by atoms with Crippen molar-refractivity contribution in [2.75, 3.05) is 13.7 Å². The van der Waals surface area contributed by atoms with Crippen molar-refractivity contribution in [2.24, 2.45) is 0 Å². The molecule has 0 fully saturated rings. The lowest BCUT2D eigenvalue weighted by Crippen LogP contribution is -2.38. The van der Waals surface area contributed by atoms with Crippen molar-refractivity contribution >= 4 is 5.91 Å². The largest absolute Gasteiger partial charge is 0.487 e. The van der Waals surface area contributed by atoms with Crippen molar-refractivity contribution in [1.82, 2.24) is 25.3 Å². The van der Waals surface area contributed by atoms with Gasteiger partial charge in [0.05, 0.1) is 25.0 Å². The molecule has 1 aromatic carbocycles. The number of nitrogens with zero attached hydrogens (tertiary/aromatic N) is 4. The van der Waals surface area contributed by atoms with Gasteiger partial charge < -0.3 is 14.8 Å². The van der Waals surface area contributed by atoms with Crippen LogP contribution in [0.15, 0.2) is 30.3 Å². The molecule has 0 spiro atoms. The van der Waals surface area contributed by atoms with Crippen LogP contribution in [0.1, 0.15) is 29.9 Å². The summed E-state index contributed by atoms with van der Waals surface area (Å²) < 4.78 is 27.0. The van der Waals surface area contributed by atoms with E-state index in [1.54, 1.807) is 23.7 Å². The topological polar surface area (TPSA) is 91.2 Å². The van der Waals surface area contributed by atoms with Crippen LogP contribution >= 0.6 is 0 Å². The molecular formula is C22H24FN5O3. The van der Waals surface area contributed by atoms with Crippen molar-refractivity contribution in [3.05, 3.63) is 53.1 Å². The third-order valence-corrected chi connectivity index (χ3v) is 5.28. The van der Waals surface area contributed by atoms with E-state index in [0.717, 1.165) is 17.0 Å². The molecule has 0 radical (unpaired) electrons. The van der Waals surface area contributed by atoms with Crippen molar-refractivity contribution in [3.63, 3.8) is 0 Å². The van der Waals surface area contributed by atoms with E-state index in [2.05, 4.69) is 20.6 Å². The molecule has 1 aliphatic heterocycles. The van der Waals surface area contributed by atoms with Gasteiger partial charge in [-0.3, -0.25) is 9.48 Å². The van der Waals surface area contributed by atoms with Gasteiger partial charge in [-0.25, -0.2) is 4.39 Å². The molecule has 0 aliphatic carbocycles. The van der Waals surface area contributed by atoms with Crippen molar-refractivity contribution in [2.45, 2.75) is 39.3 Å². The second kappa shape index (κ2) is 8.33. The first-order valence-electron chi connectivity index (χ1n) is 10.0. The highest BCUT2D eigenvalue weighted by atomic mass is 19.1. The Hall–Kier alpha value is -3.49. The van der Waals surface area contributed by atoms with Gasteiger partial charge >= 0.3 is 0 Å². The van der Waals surface area contributed by atoms with E-state index in [-0.39, 0.29) is 17.8 Å². The number of amides is 1. The van der Waals surface area contributed by atoms with E-state index in [9.17, 15) is 9.18 Å². The van der Waals surface area contributed by atoms with Gasteiger partial charge in [0.15, 0.2) is 0 Å². The zero-order valence-electron chi connectivity index (χ0n) is 17.8. The molecule has 2 aromatic heterocycles. The molecule has 3 heterocycles. The SMILES string of the molecule is COc1ccc(-c2cc(F)cc3c2O[C@@H](CNC(=O)[C@H](C)n2nc(C)cc2C)C3)nn1. The summed E-state index contributed by atoms with van der Waals surface area (Å²) in [6.45, 7) is 5.90. The summed E-state index contributed by atoms with van der Waals surface area (Å²) in [4.78, 5) is 12.6. The van der Waals surface area contributed by atoms with Crippen LogP contribution in [0.4, 0.5) is 4.39 Å². The van der Waals surface area contributed by atoms with Crippen LogP contribution in [0.2, 0.25) is 0 Å². The number of carbonyl (C=O) groups is 1. The molecule has 1 amide bonds. The Morgan fingerprint density at radius 3 is 2.77 bits per heavy atom. The number of benzene rings is 1. The minimum Gasteiger partial charge on any atom is -0.487 e. The molecule has 2 atom stereocenters. The van der Waals surface area contributed by atoms with E-state index in [0.29, 0.717) is 35.9 Å². The number of aromatic nitrogens is 4. The Kier molecular flexibility index (Phi) is 5.58. The van der Waals surface area contributed by atoms with Gasteiger partial charge in [0.1, 0.15) is 23.7 Å². The first kappa shape index (κ1) is 20.8. The number of hydrogen-bond donors (Lipinski definition) is 1. The van der Waals surface area contributed by atoms with Gasteiger partial charge in [-0.05, 0) is 45.0 Å². The first-order chi connectivity index (χ1) is 14.9. The maximum atomic E-state index is 14.2. The molecule has 0 bridgehead atoms. The lowest BCUT2D eigenvalue weighted by atomic mass is 10.0. The van der Waals surface area contributed by atoms with Gasteiger partial charge in [-0.2, -0.15) is 5.10 Å². The van der Waals surface area contributed by atoms with Gasteiger partial charge in [0.25, 0.3) is 0 Å². The number of nitrogens with one attached hydrogen (secondary N) is 1. The zero-order valence-corrected chi connectivity index (χ0v) is 17.8. The van der Waals surface area contributed by atoms with Crippen LogP contribution in [0.5, 0.6) is 11.6 Å². The van der Waals surface area contributed by atoms with Gasteiger partial charge in [-0.15, -0.1) is 10.2 Å². The highest BCUT2D eigenvalue weighted by molar-refractivity contribution is 5.80. The van der Waals surface area contributed by atoms with E-state index in [4.69, 9.17) is 9.47 Å². The number of aryl methyl sites for hydroxylation is 2. The van der Waals surface area contributed by atoms with Crippen LogP contribution in [0.25, 0.3) is 11.3 Å². The predicted molar refractivity (Wildman–Crippen MR) is 112 cm³/mol. The molecule has 3 aromatic rings. The fraction of sp³-hybridized carbons (Fsp3) is 0.364. The molecule has 1 aliphatic rings. The highest BCUT2D eigenvalue weighted by Crippen LogP contribution is 2.39. The average Bonchev–Trinajstić information content (AvgIpc) is 3.32. The molecule has 1 N–H and O–H groups in total. The van der Waals surface area contributed by atoms with Crippen molar-refractivity contribution in [3.8, 4) is 22.9 Å². The first-order valence-corrected chi connectivity index (χ1v) is 10.0. The predicted octanol–water partition coefficient (Wildman–Crippen LogP) is 2.79. The fourth-order valence-corrected chi connectivity index (χ4v) is 3.78. The summed E-state index contributed by atoms with van der Waals surface area (Å²) in [7, 11) is 1.50. The average molecular weight is 425 g/mol. The van der Waals surface area contributed by atoms with Crippen LogP contribution in [0.3, 0.4) is 0 Å². The molecule has 4 rings (SSSR count). The quantitative estimate of drug-likeness (QED) is 0.653. The number of halogens is 1. The second-order valence-corrected chi connectivity index (χ2v) is 7.64. The third-order valence-electron chi connectivity index (χ3n) is 5.28. The van der Waals surface area contributed by atoms with Crippen LogP contribution < -0.4 is 14.8 Å². The third kappa shape index (κ3) is 4.21. The van der Waals surface area contributed by atoms with E-state index in [1.165, 1.54) is 19.2 Å². The van der Waals surface area contributed by atoms with E-state index >= 15 is 0 Å².